The summed E-state index contributed by atoms with van der Waals surface area (Å²) in [7, 11) is 0. The Morgan fingerprint density at radius 1 is 0.370 bits per heavy atom. The van der Waals surface area contributed by atoms with E-state index < -0.39 is 0 Å². The first kappa shape index (κ1) is 32.5. The van der Waals surface area contributed by atoms with E-state index in [0.717, 1.165) is 12.8 Å². The van der Waals surface area contributed by atoms with Crippen molar-refractivity contribution in [3.05, 3.63) is 191 Å². The number of rotatable bonds is 4. The van der Waals surface area contributed by atoms with E-state index in [2.05, 4.69) is 172 Å². The van der Waals surface area contributed by atoms with Crippen molar-refractivity contribution in [3.8, 4) is 11.1 Å². The first-order valence-electron chi connectivity index (χ1n) is 16.3. The highest BCUT2D eigenvalue weighted by molar-refractivity contribution is 5.84. The van der Waals surface area contributed by atoms with E-state index in [1.54, 1.807) is 0 Å². The van der Waals surface area contributed by atoms with Crippen LogP contribution in [0.5, 0.6) is 0 Å². The van der Waals surface area contributed by atoms with Crippen molar-refractivity contribution >= 4 is 21.5 Å². The second-order valence-electron chi connectivity index (χ2n) is 12.3. The molecule has 0 N–H and O–H groups in total. The van der Waals surface area contributed by atoms with Crippen molar-refractivity contribution in [2.45, 2.75) is 53.4 Å². The molecule has 0 aliphatic heterocycles. The third-order valence-electron chi connectivity index (χ3n) is 8.93. The summed E-state index contributed by atoms with van der Waals surface area (Å²) in [6.07, 6.45) is 1.94. The normalized spacial score (nSPS) is 12.1. The van der Waals surface area contributed by atoms with Crippen molar-refractivity contribution in [1.29, 1.82) is 0 Å². The lowest BCUT2D eigenvalue weighted by molar-refractivity contribution is 0.660. The maximum Gasteiger partial charge on any atom is 0.0158 e. The number of hydrogen-bond donors (Lipinski definition) is 0. The van der Waals surface area contributed by atoms with Gasteiger partial charge in [0.05, 0.1) is 0 Å². The van der Waals surface area contributed by atoms with E-state index in [1.165, 1.54) is 66.1 Å². The molecule has 0 bridgehead atoms. The van der Waals surface area contributed by atoms with Gasteiger partial charge in [0.25, 0.3) is 0 Å². The topological polar surface area (TPSA) is 0 Å². The van der Waals surface area contributed by atoms with Gasteiger partial charge in [-0.2, -0.15) is 0 Å². The van der Waals surface area contributed by atoms with Gasteiger partial charge in [-0.25, -0.2) is 0 Å². The van der Waals surface area contributed by atoms with Crippen LogP contribution in [0.2, 0.25) is 0 Å². The van der Waals surface area contributed by atoms with Gasteiger partial charge in [-0.15, -0.1) is 0 Å². The maximum absolute atomic E-state index is 2.35. The monoisotopic (exact) mass is 598 g/mol. The zero-order valence-corrected chi connectivity index (χ0v) is 26.9. The molecule has 7 aromatic carbocycles. The summed E-state index contributed by atoms with van der Waals surface area (Å²) in [6.45, 7) is 8.61. The fourth-order valence-corrected chi connectivity index (χ4v) is 6.69. The van der Waals surface area contributed by atoms with Crippen LogP contribution in [-0.4, -0.2) is 0 Å². The fraction of sp³-hybridized carbons (Fsp3) is 0.174. The minimum absolute atomic E-state index is 0. The molecule has 0 heterocycles. The number of hydrogen-bond acceptors (Lipinski definition) is 0. The Morgan fingerprint density at radius 3 is 1.20 bits per heavy atom. The van der Waals surface area contributed by atoms with E-state index in [4.69, 9.17) is 0 Å². The molecule has 0 atom stereocenters. The van der Waals surface area contributed by atoms with Gasteiger partial charge in [0.15, 0.2) is 0 Å². The summed E-state index contributed by atoms with van der Waals surface area (Å²) < 4.78 is 0. The molecule has 230 valence electrons. The summed E-state index contributed by atoms with van der Waals surface area (Å²) in [5, 5.41) is 5.23. The van der Waals surface area contributed by atoms with Crippen LogP contribution in [0.25, 0.3) is 32.7 Å². The zero-order chi connectivity index (χ0) is 31.2. The van der Waals surface area contributed by atoms with Gasteiger partial charge in [0.1, 0.15) is 0 Å². The Morgan fingerprint density at radius 2 is 0.739 bits per heavy atom. The first-order chi connectivity index (χ1) is 22.0. The largest absolute Gasteiger partial charge is 0.0776 e. The summed E-state index contributed by atoms with van der Waals surface area (Å²) in [5.41, 5.74) is 11.3. The van der Waals surface area contributed by atoms with Gasteiger partial charge in [0, 0.05) is 5.41 Å². The van der Waals surface area contributed by atoms with E-state index >= 15 is 0 Å². The van der Waals surface area contributed by atoms with E-state index in [1.807, 2.05) is 13.8 Å². The third-order valence-corrected chi connectivity index (χ3v) is 8.93. The molecule has 8 rings (SSSR count). The molecule has 7 aromatic rings. The van der Waals surface area contributed by atoms with Gasteiger partial charge in [-0.3, -0.25) is 0 Å². The van der Waals surface area contributed by atoms with Crippen molar-refractivity contribution in [2.75, 3.05) is 0 Å². The second kappa shape index (κ2) is 14.4. The summed E-state index contributed by atoms with van der Waals surface area (Å²) in [5.74, 6) is 0. The lowest BCUT2D eigenvalue weighted by Crippen LogP contribution is -2.14. The Kier molecular flexibility index (Phi) is 10.2. The molecule has 0 amide bonds. The van der Waals surface area contributed by atoms with Gasteiger partial charge in [-0.05, 0) is 78.9 Å². The average molecular weight is 599 g/mol. The van der Waals surface area contributed by atoms with Crippen molar-refractivity contribution in [3.63, 3.8) is 0 Å². The molecular weight excluding hydrogens is 553 g/mol. The fourth-order valence-electron chi connectivity index (χ4n) is 6.69. The molecule has 0 aromatic heterocycles. The summed E-state index contributed by atoms with van der Waals surface area (Å²) in [4.78, 5) is 0. The van der Waals surface area contributed by atoms with Crippen LogP contribution < -0.4 is 0 Å². The molecule has 46 heavy (non-hydrogen) atoms. The molecule has 0 nitrogen and oxygen atoms in total. The van der Waals surface area contributed by atoms with E-state index in [-0.39, 0.29) is 12.8 Å². The van der Waals surface area contributed by atoms with Crippen LogP contribution in [0.15, 0.2) is 158 Å². The number of benzene rings is 7. The highest BCUT2D eigenvalue weighted by Crippen LogP contribution is 2.48. The van der Waals surface area contributed by atoms with Gasteiger partial charge >= 0.3 is 0 Å². The van der Waals surface area contributed by atoms with Gasteiger partial charge < -0.3 is 0 Å². The Labute approximate surface area is 276 Å². The maximum atomic E-state index is 2.35. The smallest absolute Gasteiger partial charge is 0.0158 e. The highest BCUT2D eigenvalue weighted by atomic mass is 14.4. The van der Waals surface area contributed by atoms with Crippen LogP contribution >= 0.6 is 0 Å². The Hall–Kier alpha value is -4.94. The van der Waals surface area contributed by atoms with Gasteiger partial charge in [-0.1, -0.05) is 193 Å². The molecule has 1 aliphatic carbocycles. The van der Waals surface area contributed by atoms with Crippen LogP contribution in [0.1, 0.15) is 68.5 Å². The predicted octanol–water partition coefficient (Wildman–Crippen LogP) is 12.8. The standard InChI is InChI=1S/C28H22.C15H14.C2H6.CH4/c1-3-10-27-19-23(12-14-25(27)8-1)17-21-6-5-7-22(16-21)18-24-13-15-26-9-2-4-11-28(26)20-24;1-15(2)13-9-5-3-7-11(13)12-8-4-6-10-14(12)15;1-2;/h1-16,19-20H,17-18H2;3-10H,1-2H3;1-2H3;1H4. The minimum atomic E-state index is 0. The SMILES string of the molecule is C.CC.CC1(C)c2ccccc2-c2ccccc21.c1cc(Cc2ccc3ccccc3c2)cc(Cc2ccc3ccccc3c2)c1. The van der Waals surface area contributed by atoms with Crippen LogP contribution in [0.3, 0.4) is 0 Å². The molecule has 0 spiro atoms. The van der Waals surface area contributed by atoms with E-state index in [0.29, 0.717) is 0 Å². The second-order valence-corrected chi connectivity index (χ2v) is 12.3. The highest BCUT2D eigenvalue weighted by Gasteiger charge is 2.34. The molecule has 0 heteroatoms. The summed E-state index contributed by atoms with van der Waals surface area (Å²) in [6, 6.07) is 57.2. The first-order valence-corrected chi connectivity index (χ1v) is 16.3. The molecule has 0 fully saturated rings. The Bertz CT molecular complexity index is 1920. The lowest BCUT2D eigenvalue weighted by Gasteiger charge is -2.20. The van der Waals surface area contributed by atoms with Crippen molar-refractivity contribution in [1.82, 2.24) is 0 Å². The summed E-state index contributed by atoms with van der Waals surface area (Å²) >= 11 is 0. The van der Waals surface area contributed by atoms with Crippen molar-refractivity contribution in [2.24, 2.45) is 0 Å². The number of fused-ring (bicyclic) bond motifs is 5. The van der Waals surface area contributed by atoms with Crippen LogP contribution in [0, 0.1) is 0 Å². The third kappa shape index (κ3) is 6.82. The van der Waals surface area contributed by atoms with Crippen molar-refractivity contribution < 1.29 is 0 Å². The quantitative estimate of drug-likeness (QED) is 0.189. The molecule has 0 saturated heterocycles. The average Bonchev–Trinajstić information content (AvgIpc) is 3.32. The molecule has 0 saturated carbocycles. The molecule has 0 radical (unpaired) electrons. The molecular formula is C46H46. The molecule has 1 aliphatic rings. The minimum Gasteiger partial charge on any atom is -0.0776 e. The zero-order valence-electron chi connectivity index (χ0n) is 26.9. The van der Waals surface area contributed by atoms with Crippen LogP contribution in [-0.2, 0) is 18.3 Å². The van der Waals surface area contributed by atoms with Crippen LogP contribution in [0.4, 0.5) is 0 Å². The predicted molar refractivity (Wildman–Crippen MR) is 202 cm³/mol. The molecule has 0 unspecified atom stereocenters. The van der Waals surface area contributed by atoms with E-state index in [9.17, 15) is 0 Å². The van der Waals surface area contributed by atoms with Gasteiger partial charge in [0.2, 0.25) is 0 Å². The Balaban J connectivity index is 0.000000196. The lowest BCUT2D eigenvalue weighted by atomic mass is 9.82.